The number of nitrogens with zero attached hydrogens (tertiary/aromatic N) is 2. The molecule has 2 N–H and O–H groups in total. The van der Waals surface area contributed by atoms with Crippen molar-refractivity contribution in [2.75, 3.05) is 18.0 Å². The van der Waals surface area contributed by atoms with Crippen molar-refractivity contribution in [3.05, 3.63) is 71.2 Å². The number of carbonyl (C=O) groups excluding carboxylic acids is 1. The normalized spacial score (nSPS) is 13.8. The molecule has 5 nitrogen and oxygen atoms in total. The molecule has 0 spiro atoms. The van der Waals surface area contributed by atoms with Crippen molar-refractivity contribution < 1.29 is 18.0 Å². The standard InChI is InChI=1S/C11H7F3S.C10H10N4O/c12-11(13,14)10-6-9(7-15-10)8-4-2-1-3-5-8;15-10-11-3-4-14(10)7-1-2-8-9(5-7)13-6-12-8/h1-7H;1-2,5-6H,3-4H2,(H,11,15)(H,12,13). The van der Waals surface area contributed by atoms with E-state index in [4.69, 9.17) is 0 Å². The third-order valence-electron chi connectivity index (χ3n) is 4.56. The summed E-state index contributed by atoms with van der Waals surface area (Å²) in [6.07, 6.45) is -2.59. The summed E-state index contributed by atoms with van der Waals surface area (Å²) >= 11 is 0.726. The largest absolute Gasteiger partial charge is 0.425 e. The number of fused-ring (bicyclic) bond motifs is 1. The second kappa shape index (κ2) is 8.19. The van der Waals surface area contributed by atoms with E-state index in [0.29, 0.717) is 12.1 Å². The first kappa shape index (κ1) is 20.0. The van der Waals surface area contributed by atoms with E-state index in [2.05, 4.69) is 15.3 Å². The lowest BCUT2D eigenvalue weighted by Gasteiger charge is -2.13. The molecule has 2 aromatic carbocycles. The van der Waals surface area contributed by atoms with Crippen molar-refractivity contribution in [2.45, 2.75) is 6.18 Å². The van der Waals surface area contributed by atoms with Gasteiger partial charge >= 0.3 is 12.2 Å². The van der Waals surface area contributed by atoms with Gasteiger partial charge in [0.1, 0.15) is 4.88 Å². The van der Waals surface area contributed by atoms with Crippen LogP contribution >= 0.6 is 11.3 Å². The van der Waals surface area contributed by atoms with Gasteiger partial charge in [-0.05, 0) is 40.8 Å². The molecule has 3 heterocycles. The molecule has 154 valence electrons. The highest BCUT2D eigenvalue weighted by molar-refractivity contribution is 7.10. The maximum Gasteiger partial charge on any atom is 0.425 e. The van der Waals surface area contributed by atoms with Crippen LogP contribution in [0.5, 0.6) is 0 Å². The molecule has 0 aliphatic carbocycles. The van der Waals surface area contributed by atoms with Crippen LogP contribution in [0.1, 0.15) is 4.88 Å². The highest BCUT2D eigenvalue weighted by atomic mass is 32.1. The van der Waals surface area contributed by atoms with Crippen molar-refractivity contribution in [1.29, 1.82) is 0 Å². The number of anilines is 1. The Morgan fingerprint density at radius 2 is 1.83 bits per heavy atom. The maximum absolute atomic E-state index is 12.3. The highest BCUT2D eigenvalue weighted by Crippen LogP contribution is 2.36. The number of thiophene rings is 1. The van der Waals surface area contributed by atoms with Crippen molar-refractivity contribution in [2.24, 2.45) is 0 Å². The second-order valence-electron chi connectivity index (χ2n) is 6.55. The van der Waals surface area contributed by atoms with Crippen LogP contribution in [0.25, 0.3) is 22.2 Å². The fourth-order valence-corrected chi connectivity index (χ4v) is 3.86. The van der Waals surface area contributed by atoms with E-state index in [1.807, 2.05) is 24.3 Å². The summed E-state index contributed by atoms with van der Waals surface area (Å²) in [5, 5.41) is 4.30. The molecule has 4 aromatic rings. The Bertz CT molecular complexity index is 1150. The Morgan fingerprint density at radius 1 is 1.03 bits per heavy atom. The maximum atomic E-state index is 12.3. The molecule has 0 radical (unpaired) electrons. The van der Waals surface area contributed by atoms with Crippen molar-refractivity contribution in [3.63, 3.8) is 0 Å². The molecule has 0 atom stereocenters. The molecular formula is C21H17F3N4OS. The number of amides is 2. The topological polar surface area (TPSA) is 61.0 Å². The fourth-order valence-electron chi connectivity index (χ4n) is 3.08. The Hall–Kier alpha value is -3.33. The fraction of sp³-hybridized carbons (Fsp3) is 0.143. The molecular weight excluding hydrogens is 413 g/mol. The number of halogens is 3. The molecule has 9 heteroatoms. The molecule has 5 rings (SSSR count). The lowest BCUT2D eigenvalue weighted by molar-refractivity contribution is -0.134. The second-order valence-corrected chi connectivity index (χ2v) is 7.46. The highest BCUT2D eigenvalue weighted by Gasteiger charge is 2.32. The monoisotopic (exact) mass is 430 g/mol. The summed E-state index contributed by atoms with van der Waals surface area (Å²) in [5.41, 5.74) is 4.20. The van der Waals surface area contributed by atoms with Crippen molar-refractivity contribution >= 4 is 34.1 Å². The molecule has 2 aromatic heterocycles. The predicted molar refractivity (Wildman–Crippen MR) is 112 cm³/mol. The van der Waals surface area contributed by atoms with Gasteiger partial charge in [0, 0.05) is 18.8 Å². The van der Waals surface area contributed by atoms with Gasteiger partial charge in [0.15, 0.2) is 0 Å². The van der Waals surface area contributed by atoms with Gasteiger partial charge < -0.3 is 10.3 Å². The van der Waals surface area contributed by atoms with Gasteiger partial charge in [-0.15, -0.1) is 11.3 Å². The predicted octanol–water partition coefficient (Wildman–Crippen LogP) is 5.53. The smallest absolute Gasteiger partial charge is 0.345 e. The van der Waals surface area contributed by atoms with E-state index < -0.39 is 11.1 Å². The zero-order valence-electron chi connectivity index (χ0n) is 15.6. The van der Waals surface area contributed by atoms with Crippen LogP contribution < -0.4 is 10.2 Å². The number of H-pyrrole nitrogens is 1. The van der Waals surface area contributed by atoms with Crippen LogP contribution in [-0.4, -0.2) is 29.1 Å². The zero-order chi connectivity index (χ0) is 21.1. The summed E-state index contributed by atoms with van der Waals surface area (Å²) in [5.74, 6) is 0. The first-order chi connectivity index (χ1) is 14.4. The molecule has 0 unspecified atom stereocenters. The number of aromatic nitrogens is 2. The van der Waals surface area contributed by atoms with E-state index in [1.54, 1.807) is 35.5 Å². The minimum atomic E-state index is -4.24. The van der Waals surface area contributed by atoms with Crippen LogP contribution in [0.3, 0.4) is 0 Å². The molecule has 1 saturated heterocycles. The number of imidazole rings is 1. The van der Waals surface area contributed by atoms with E-state index >= 15 is 0 Å². The number of hydrogen-bond donors (Lipinski definition) is 2. The molecule has 1 fully saturated rings. The SMILES string of the molecule is FC(F)(F)c1cc(-c2ccccc2)cs1.O=C1NCCN1c1ccc2nc[nH]c2c1. The third kappa shape index (κ3) is 4.30. The van der Waals surface area contributed by atoms with Gasteiger partial charge in [0.05, 0.1) is 17.4 Å². The molecule has 0 bridgehead atoms. The molecule has 1 aliphatic rings. The Morgan fingerprint density at radius 3 is 2.50 bits per heavy atom. The van der Waals surface area contributed by atoms with Gasteiger partial charge in [-0.3, -0.25) is 4.90 Å². The summed E-state index contributed by atoms with van der Waals surface area (Å²) in [7, 11) is 0. The van der Waals surface area contributed by atoms with Crippen LogP contribution in [-0.2, 0) is 6.18 Å². The summed E-state index contributed by atoms with van der Waals surface area (Å²) in [4.78, 5) is 19.8. The molecule has 0 saturated carbocycles. The number of carbonyl (C=O) groups is 1. The number of nitrogens with one attached hydrogen (secondary N) is 2. The molecule has 2 amide bonds. The Balaban J connectivity index is 0.000000145. The van der Waals surface area contributed by atoms with Crippen LogP contribution in [0.15, 0.2) is 66.3 Å². The number of urea groups is 1. The summed E-state index contributed by atoms with van der Waals surface area (Å²) in [6.45, 7) is 1.43. The summed E-state index contributed by atoms with van der Waals surface area (Å²) < 4.78 is 37.0. The van der Waals surface area contributed by atoms with Gasteiger partial charge in [0.2, 0.25) is 0 Å². The van der Waals surface area contributed by atoms with Gasteiger partial charge in [-0.1, -0.05) is 30.3 Å². The van der Waals surface area contributed by atoms with Gasteiger partial charge in [-0.2, -0.15) is 13.2 Å². The van der Waals surface area contributed by atoms with E-state index in [0.717, 1.165) is 40.2 Å². The third-order valence-corrected chi connectivity index (χ3v) is 5.53. The van der Waals surface area contributed by atoms with Crippen molar-refractivity contribution in [3.8, 4) is 11.1 Å². The minimum absolute atomic E-state index is 0.0335. The number of benzene rings is 2. The quantitative estimate of drug-likeness (QED) is 0.440. The van der Waals surface area contributed by atoms with Crippen molar-refractivity contribution in [1.82, 2.24) is 15.3 Å². The summed E-state index contributed by atoms with van der Waals surface area (Å²) in [6, 6.07) is 15.9. The lowest BCUT2D eigenvalue weighted by Crippen LogP contribution is -2.27. The lowest BCUT2D eigenvalue weighted by atomic mass is 10.1. The number of alkyl halides is 3. The van der Waals surface area contributed by atoms with E-state index in [-0.39, 0.29) is 6.03 Å². The zero-order valence-corrected chi connectivity index (χ0v) is 16.4. The van der Waals surface area contributed by atoms with E-state index in [1.165, 1.54) is 11.4 Å². The van der Waals surface area contributed by atoms with Crippen LogP contribution in [0, 0.1) is 0 Å². The minimum Gasteiger partial charge on any atom is -0.345 e. The molecule has 1 aliphatic heterocycles. The van der Waals surface area contributed by atoms with Crippen LogP contribution in [0.4, 0.5) is 23.7 Å². The van der Waals surface area contributed by atoms with Gasteiger partial charge in [0.25, 0.3) is 0 Å². The number of rotatable bonds is 2. The average Bonchev–Trinajstić information content (AvgIpc) is 3.48. The van der Waals surface area contributed by atoms with Gasteiger partial charge in [-0.25, -0.2) is 9.78 Å². The average molecular weight is 430 g/mol. The van der Waals surface area contributed by atoms with E-state index in [9.17, 15) is 18.0 Å². The Labute approximate surface area is 174 Å². The Kier molecular flexibility index (Phi) is 5.45. The molecule has 30 heavy (non-hydrogen) atoms. The first-order valence-corrected chi connectivity index (χ1v) is 9.99. The number of hydrogen-bond acceptors (Lipinski definition) is 3. The first-order valence-electron chi connectivity index (χ1n) is 9.11. The van der Waals surface area contributed by atoms with Crippen LogP contribution in [0.2, 0.25) is 0 Å². The number of aromatic amines is 1.